The van der Waals surface area contributed by atoms with Gasteiger partial charge in [-0.3, -0.25) is 4.79 Å². The second-order valence-electron chi connectivity index (χ2n) is 10.3. The molecule has 1 saturated carbocycles. The minimum atomic E-state index is -1.79. The first kappa shape index (κ1) is 33.3. The molecular formula is C22H43N5O13. The Labute approximate surface area is 229 Å². The van der Waals surface area contributed by atoms with E-state index in [9.17, 15) is 45.6 Å². The molecule has 3 fully saturated rings. The summed E-state index contributed by atoms with van der Waals surface area (Å²) in [5.74, 6) is -0.824. The number of aliphatic hydroxyl groups is 8. The average Bonchev–Trinajstić information content (AvgIpc) is 2.93. The highest BCUT2D eigenvalue weighted by atomic mass is 16.7. The maximum absolute atomic E-state index is 12.6. The van der Waals surface area contributed by atoms with Crippen LogP contribution in [0.4, 0.5) is 0 Å². The first-order valence-electron chi connectivity index (χ1n) is 13.1. The van der Waals surface area contributed by atoms with Crippen molar-refractivity contribution in [3.63, 3.8) is 0 Å². The highest BCUT2D eigenvalue weighted by Gasteiger charge is 2.52. The lowest BCUT2D eigenvalue weighted by molar-refractivity contribution is -0.331. The predicted molar refractivity (Wildman–Crippen MR) is 131 cm³/mol. The summed E-state index contributed by atoms with van der Waals surface area (Å²) in [5.41, 5.74) is 23.2. The fourth-order valence-electron chi connectivity index (χ4n) is 5.02. The Morgan fingerprint density at radius 3 is 2.08 bits per heavy atom. The fraction of sp³-hybridized carbons (Fsp3) is 0.955. The first-order chi connectivity index (χ1) is 18.9. The largest absolute Gasteiger partial charge is 0.394 e. The lowest BCUT2D eigenvalue weighted by Gasteiger charge is -2.48. The van der Waals surface area contributed by atoms with Gasteiger partial charge in [0, 0.05) is 12.6 Å². The lowest BCUT2D eigenvalue weighted by atomic mass is 9.83. The topological polar surface area (TPSA) is 332 Å². The molecule has 0 spiro atoms. The Morgan fingerprint density at radius 2 is 1.48 bits per heavy atom. The molecule has 16 atom stereocenters. The Balaban J connectivity index is 1.85. The summed E-state index contributed by atoms with van der Waals surface area (Å²) in [6.45, 7) is -0.886. The predicted octanol–water partition coefficient (Wildman–Crippen LogP) is -8.42. The number of rotatable bonds is 10. The van der Waals surface area contributed by atoms with Crippen LogP contribution < -0.4 is 28.3 Å². The van der Waals surface area contributed by atoms with E-state index in [1.807, 2.05) is 0 Å². The molecule has 3 aliphatic rings. The van der Waals surface area contributed by atoms with Gasteiger partial charge < -0.3 is 88.1 Å². The van der Waals surface area contributed by atoms with E-state index in [4.69, 9.17) is 41.9 Å². The number of carbonyl (C=O) groups is 1. The van der Waals surface area contributed by atoms with Crippen LogP contribution in [0.5, 0.6) is 0 Å². The second-order valence-corrected chi connectivity index (χ2v) is 10.3. The van der Waals surface area contributed by atoms with Gasteiger partial charge >= 0.3 is 0 Å². The van der Waals surface area contributed by atoms with E-state index < -0.39 is 110 Å². The zero-order valence-electron chi connectivity index (χ0n) is 21.7. The van der Waals surface area contributed by atoms with E-state index in [0.29, 0.717) is 0 Å². The third-order valence-electron chi connectivity index (χ3n) is 7.56. The summed E-state index contributed by atoms with van der Waals surface area (Å²) in [7, 11) is 0. The molecule has 18 heteroatoms. The maximum Gasteiger partial charge on any atom is 0.249 e. The van der Waals surface area contributed by atoms with Crippen LogP contribution in [0.2, 0.25) is 0 Å². The van der Waals surface area contributed by atoms with E-state index in [-0.39, 0.29) is 25.9 Å². The van der Waals surface area contributed by atoms with Gasteiger partial charge in [-0.2, -0.15) is 0 Å². The van der Waals surface area contributed by atoms with E-state index in [1.165, 1.54) is 0 Å². The van der Waals surface area contributed by atoms with Gasteiger partial charge in [0.05, 0.1) is 24.8 Å². The molecule has 0 bridgehead atoms. The van der Waals surface area contributed by atoms with Crippen LogP contribution in [0.25, 0.3) is 0 Å². The second kappa shape index (κ2) is 14.3. The number of nitrogens with one attached hydrogen (secondary N) is 1. The molecule has 1 aliphatic carbocycles. The maximum atomic E-state index is 12.6. The van der Waals surface area contributed by atoms with Crippen LogP contribution in [-0.4, -0.2) is 164 Å². The van der Waals surface area contributed by atoms with Crippen molar-refractivity contribution >= 4 is 5.91 Å². The smallest absolute Gasteiger partial charge is 0.249 e. The molecule has 0 aromatic heterocycles. The van der Waals surface area contributed by atoms with Gasteiger partial charge in [0.2, 0.25) is 5.91 Å². The third kappa shape index (κ3) is 7.06. The normalized spacial score (nSPS) is 47.0. The van der Waals surface area contributed by atoms with Gasteiger partial charge in [-0.1, -0.05) is 0 Å². The van der Waals surface area contributed by atoms with E-state index in [2.05, 4.69) is 5.32 Å². The Morgan fingerprint density at radius 1 is 0.850 bits per heavy atom. The summed E-state index contributed by atoms with van der Waals surface area (Å²) < 4.78 is 22.5. The molecule has 234 valence electrons. The number of aliphatic hydroxyl groups excluding tert-OH is 8. The van der Waals surface area contributed by atoms with Crippen molar-refractivity contribution in [3.8, 4) is 0 Å². The molecule has 1 amide bonds. The van der Waals surface area contributed by atoms with Crippen molar-refractivity contribution in [2.24, 2.45) is 22.9 Å². The summed E-state index contributed by atoms with van der Waals surface area (Å²) in [5, 5.41) is 84.7. The fourth-order valence-corrected chi connectivity index (χ4v) is 5.02. The van der Waals surface area contributed by atoms with E-state index in [0.717, 1.165) is 0 Å². The summed E-state index contributed by atoms with van der Waals surface area (Å²) in [6.07, 6.45) is -19.7. The van der Waals surface area contributed by atoms with Gasteiger partial charge in [-0.05, 0) is 19.4 Å². The molecule has 2 aliphatic heterocycles. The average molecular weight is 586 g/mol. The minimum Gasteiger partial charge on any atom is -0.394 e. The molecule has 0 radical (unpaired) electrons. The molecule has 10 unspecified atom stereocenters. The van der Waals surface area contributed by atoms with Crippen LogP contribution in [0, 0.1) is 0 Å². The number of amides is 1. The van der Waals surface area contributed by atoms with Gasteiger partial charge in [-0.25, -0.2) is 0 Å². The SMILES string of the molecule is NCC[C@H](O)C(=O)NC1CC(O[C@H]2OC(CO)[C@@H](O)C(N)C2O)C(O)[C@H](O[C@H]2OC(CN)[C@@H](O)C(O)C2O)C1N. The number of hydrogen-bond acceptors (Lipinski definition) is 17. The van der Waals surface area contributed by atoms with Crippen molar-refractivity contribution < 1.29 is 64.6 Å². The first-order valence-corrected chi connectivity index (χ1v) is 13.1. The Bertz CT molecular complexity index is 815. The molecule has 2 saturated heterocycles. The zero-order valence-corrected chi connectivity index (χ0v) is 21.7. The van der Waals surface area contributed by atoms with E-state index in [1.54, 1.807) is 0 Å². The van der Waals surface area contributed by atoms with Gasteiger partial charge in [-0.15, -0.1) is 0 Å². The van der Waals surface area contributed by atoms with Crippen molar-refractivity contribution in [1.82, 2.24) is 5.32 Å². The van der Waals surface area contributed by atoms with Gasteiger partial charge in [0.25, 0.3) is 0 Å². The van der Waals surface area contributed by atoms with Gasteiger partial charge in [0.1, 0.15) is 61.0 Å². The molecule has 0 aromatic rings. The van der Waals surface area contributed by atoms with Crippen molar-refractivity contribution in [2.45, 2.75) is 111 Å². The molecule has 2 heterocycles. The molecule has 18 nitrogen and oxygen atoms in total. The van der Waals surface area contributed by atoms with Crippen LogP contribution in [0.15, 0.2) is 0 Å². The molecule has 0 aromatic carbocycles. The van der Waals surface area contributed by atoms with Crippen LogP contribution in [0.3, 0.4) is 0 Å². The zero-order chi connectivity index (χ0) is 29.9. The number of carbonyl (C=O) groups excluding carboxylic acids is 1. The van der Waals surface area contributed by atoms with Crippen molar-refractivity contribution in [2.75, 3.05) is 19.7 Å². The highest BCUT2D eigenvalue weighted by molar-refractivity contribution is 5.80. The summed E-state index contributed by atoms with van der Waals surface area (Å²) >= 11 is 0. The molecule has 17 N–H and O–H groups in total. The number of ether oxygens (including phenoxy) is 4. The van der Waals surface area contributed by atoms with Gasteiger partial charge in [0.15, 0.2) is 12.6 Å². The lowest BCUT2D eigenvalue weighted by Crippen LogP contribution is -2.69. The Kier molecular flexibility index (Phi) is 11.9. The van der Waals surface area contributed by atoms with Crippen molar-refractivity contribution in [3.05, 3.63) is 0 Å². The molecule has 40 heavy (non-hydrogen) atoms. The summed E-state index contributed by atoms with van der Waals surface area (Å²) in [6, 6.07) is -3.51. The van der Waals surface area contributed by atoms with Crippen LogP contribution in [0.1, 0.15) is 12.8 Å². The van der Waals surface area contributed by atoms with E-state index >= 15 is 0 Å². The number of nitrogens with two attached hydrogens (primary N) is 4. The monoisotopic (exact) mass is 585 g/mol. The summed E-state index contributed by atoms with van der Waals surface area (Å²) in [4.78, 5) is 12.6. The number of hydrogen-bond donors (Lipinski definition) is 13. The molecular weight excluding hydrogens is 542 g/mol. The standard InChI is InChI=1S/C22H43N5O13/c23-2-1-7(29)20(36)27-6-3-8(37-21-16(33)12(26)13(30)10(5-28)39-21)15(32)19(11(6)25)40-22-18(35)17(34)14(31)9(4-24)38-22/h6-19,21-22,28-35H,1-5,23-26H2,(H,27,36)/t6?,7-,8?,9?,10?,11?,12?,13+,14+,15?,16?,17?,18?,19+,21-,22+/m0/s1. The minimum absolute atomic E-state index is 0.0178. The highest BCUT2D eigenvalue weighted by Crippen LogP contribution is 2.32. The third-order valence-corrected chi connectivity index (χ3v) is 7.56. The van der Waals surface area contributed by atoms with Crippen molar-refractivity contribution in [1.29, 1.82) is 0 Å². The quantitative estimate of drug-likeness (QED) is 0.113. The molecule has 3 rings (SSSR count). The Hall–Kier alpha value is -1.17. The van der Waals surface area contributed by atoms with Crippen LogP contribution in [-0.2, 0) is 23.7 Å². The van der Waals surface area contributed by atoms with Crippen LogP contribution >= 0.6 is 0 Å².